The summed E-state index contributed by atoms with van der Waals surface area (Å²) in [7, 11) is -6.73. The molecular weight excluding hydrogens is 437 g/mol. The number of aliphatic carboxylic acids is 1. The van der Waals surface area contributed by atoms with Crippen LogP contribution in [-0.4, -0.2) is 59.8 Å². The van der Waals surface area contributed by atoms with Gasteiger partial charge in [-0.1, -0.05) is 6.58 Å². The zero-order chi connectivity index (χ0) is 22.6. The van der Waals surface area contributed by atoms with E-state index in [1.165, 1.54) is 0 Å². The van der Waals surface area contributed by atoms with Crippen LogP contribution in [0.3, 0.4) is 0 Å². The molecule has 0 bridgehead atoms. The summed E-state index contributed by atoms with van der Waals surface area (Å²) in [4.78, 5) is 21.9. The normalized spacial score (nSPS) is 15.6. The third-order valence-corrected chi connectivity index (χ3v) is 3.92. The average Bonchev–Trinajstić information content (AvgIpc) is 2.50. The monoisotopic (exact) mass is 449 g/mol. The lowest BCUT2D eigenvalue weighted by atomic mass is 10.1. The highest BCUT2D eigenvalue weighted by atomic mass is 32.2. The quantitative estimate of drug-likeness (QED) is 0.127. The van der Waals surface area contributed by atoms with Gasteiger partial charge in [-0.15, -0.1) is 0 Å². The molecule has 0 saturated heterocycles. The number of esters is 1. The van der Waals surface area contributed by atoms with Gasteiger partial charge in [0.1, 0.15) is 0 Å². The molecule has 0 aromatic carbocycles. The van der Waals surface area contributed by atoms with Crippen LogP contribution in [0.25, 0.3) is 0 Å². The van der Waals surface area contributed by atoms with E-state index in [1.807, 2.05) is 0 Å². The minimum Gasteiger partial charge on any atom is -0.743 e. The lowest BCUT2D eigenvalue weighted by Gasteiger charge is -2.30. The summed E-state index contributed by atoms with van der Waals surface area (Å²) in [6.45, 7) is 1.42. The van der Waals surface area contributed by atoms with Crippen molar-refractivity contribution in [1.29, 1.82) is 0 Å². The predicted molar refractivity (Wildman–Crippen MR) is 72.1 cm³/mol. The third kappa shape index (κ3) is 5.54. The predicted octanol–water partition coefficient (Wildman–Crippen LogP) is 2.02. The second-order valence-electron chi connectivity index (χ2n) is 5.03. The van der Waals surface area contributed by atoms with Crippen LogP contribution in [0.15, 0.2) is 12.7 Å². The Morgan fingerprint density at radius 3 is 1.93 bits per heavy atom. The van der Waals surface area contributed by atoms with Crippen molar-refractivity contribution >= 4 is 22.1 Å². The topological polar surface area (TPSA) is 130 Å². The molecule has 0 aromatic rings. The van der Waals surface area contributed by atoms with Crippen LogP contribution in [0.4, 0.5) is 30.7 Å². The minimum absolute atomic E-state index is 0.179. The standard InChI is InChI=1S/C12H13F7O8S/c1-2-7(20)27-10(8(21)22,11(15,16)17)26-6-4-3-5-9(13,14)12(18,19)28(23,24)25/h2H,1,3-6H2,(H,21,22)(H,23,24,25)/p-1. The van der Waals surface area contributed by atoms with Crippen molar-refractivity contribution in [3.05, 3.63) is 12.7 Å². The average molecular weight is 449 g/mol. The summed E-state index contributed by atoms with van der Waals surface area (Å²) in [5.41, 5.74) is 0. The highest BCUT2D eigenvalue weighted by Gasteiger charge is 2.67. The van der Waals surface area contributed by atoms with Gasteiger partial charge in [0.05, 0.1) is 6.61 Å². The van der Waals surface area contributed by atoms with E-state index in [2.05, 4.69) is 16.1 Å². The van der Waals surface area contributed by atoms with Crippen molar-refractivity contribution in [2.24, 2.45) is 0 Å². The Morgan fingerprint density at radius 1 is 1.07 bits per heavy atom. The highest BCUT2D eigenvalue weighted by Crippen LogP contribution is 2.42. The molecule has 0 heterocycles. The maximum absolute atomic E-state index is 13.2. The molecule has 0 aromatic heterocycles. The van der Waals surface area contributed by atoms with Gasteiger partial charge >= 0.3 is 35.1 Å². The molecule has 1 atom stereocenters. The number of hydrogen-bond donors (Lipinski definition) is 1. The van der Waals surface area contributed by atoms with Gasteiger partial charge in [-0.2, -0.15) is 30.7 Å². The minimum atomic E-state index is -6.73. The number of ether oxygens (including phenoxy) is 2. The molecule has 1 unspecified atom stereocenters. The number of rotatable bonds is 11. The molecule has 0 radical (unpaired) electrons. The fourth-order valence-electron chi connectivity index (χ4n) is 1.57. The molecule has 164 valence electrons. The Labute approximate surface area is 152 Å². The van der Waals surface area contributed by atoms with Crippen molar-refractivity contribution in [2.45, 2.75) is 42.4 Å². The van der Waals surface area contributed by atoms with E-state index in [0.29, 0.717) is 0 Å². The maximum atomic E-state index is 13.2. The first-order valence-corrected chi connectivity index (χ1v) is 8.27. The molecule has 1 N–H and O–H groups in total. The van der Waals surface area contributed by atoms with Gasteiger partial charge in [0.2, 0.25) is 0 Å². The smallest absolute Gasteiger partial charge is 0.468 e. The van der Waals surface area contributed by atoms with E-state index in [-0.39, 0.29) is 6.08 Å². The first kappa shape index (κ1) is 26.1. The summed E-state index contributed by atoms with van der Waals surface area (Å²) < 4.78 is 129. The van der Waals surface area contributed by atoms with Gasteiger partial charge in [0.25, 0.3) is 0 Å². The molecule has 0 aliphatic rings. The van der Waals surface area contributed by atoms with Gasteiger partial charge in [0, 0.05) is 12.5 Å². The molecule has 0 spiro atoms. The van der Waals surface area contributed by atoms with Crippen molar-refractivity contribution in [1.82, 2.24) is 0 Å². The van der Waals surface area contributed by atoms with Crippen molar-refractivity contribution in [3.63, 3.8) is 0 Å². The van der Waals surface area contributed by atoms with Gasteiger partial charge in [-0.25, -0.2) is 18.0 Å². The number of carbonyl (C=O) groups excluding carboxylic acids is 1. The Hall–Kier alpha value is -1.94. The second kappa shape index (κ2) is 8.60. The number of unbranched alkanes of at least 4 members (excludes halogenated alkanes) is 1. The molecule has 16 heteroatoms. The van der Waals surface area contributed by atoms with Crippen molar-refractivity contribution in [3.8, 4) is 0 Å². The molecule has 28 heavy (non-hydrogen) atoms. The lowest BCUT2D eigenvalue weighted by molar-refractivity contribution is -0.353. The number of carboxylic acids is 1. The number of hydrogen-bond acceptors (Lipinski definition) is 7. The van der Waals surface area contributed by atoms with Gasteiger partial charge in [0.15, 0.2) is 10.1 Å². The first-order valence-electron chi connectivity index (χ1n) is 6.86. The summed E-state index contributed by atoms with van der Waals surface area (Å²) >= 11 is 0. The van der Waals surface area contributed by atoms with Gasteiger partial charge < -0.3 is 19.1 Å². The SMILES string of the molecule is C=CC(=O)OC(OCCCCC(F)(F)C(F)(F)S(=O)(=O)[O-])(C(=O)O)C(F)(F)F. The van der Waals surface area contributed by atoms with Crippen LogP contribution >= 0.6 is 0 Å². The molecular formula is C12H12F7O8S-. The van der Waals surface area contributed by atoms with Gasteiger partial charge in [-0.05, 0) is 12.8 Å². The van der Waals surface area contributed by atoms with Crippen LogP contribution in [0.5, 0.6) is 0 Å². The number of carboxylic acid groups (broad SMARTS) is 1. The van der Waals surface area contributed by atoms with E-state index in [9.17, 15) is 53.3 Å². The van der Waals surface area contributed by atoms with E-state index in [0.717, 1.165) is 0 Å². The van der Waals surface area contributed by atoms with Gasteiger partial charge in [-0.3, -0.25) is 0 Å². The lowest BCUT2D eigenvalue weighted by Crippen LogP contribution is -2.57. The molecule has 0 aliphatic carbocycles. The molecule has 0 amide bonds. The second-order valence-corrected chi connectivity index (χ2v) is 6.45. The highest BCUT2D eigenvalue weighted by molar-refractivity contribution is 7.86. The zero-order valence-corrected chi connectivity index (χ0v) is 14.3. The number of halogens is 7. The molecule has 0 aliphatic heterocycles. The number of alkyl halides is 7. The Morgan fingerprint density at radius 2 is 1.57 bits per heavy atom. The van der Waals surface area contributed by atoms with Crippen LogP contribution in [0.1, 0.15) is 19.3 Å². The fraction of sp³-hybridized carbons (Fsp3) is 0.667. The summed E-state index contributed by atoms with van der Waals surface area (Å²) in [6, 6.07) is 0. The van der Waals surface area contributed by atoms with Crippen LogP contribution < -0.4 is 0 Å². The van der Waals surface area contributed by atoms with Crippen molar-refractivity contribution < 1.29 is 67.9 Å². The largest absolute Gasteiger partial charge is 0.743 e. The fourth-order valence-corrected chi connectivity index (χ4v) is 2.04. The molecule has 0 saturated carbocycles. The molecule has 8 nitrogen and oxygen atoms in total. The summed E-state index contributed by atoms with van der Waals surface area (Å²) in [5, 5.41) is 2.73. The van der Waals surface area contributed by atoms with E-state index >= 15 is 0 Å². The van der Waals surface area contributed by atoms with Crippen LogP contribution in [0.2, 0.25) is 0 Å². The molecule has 0 rings (SSSR count). The number of carbonyl (C=O) groups is 2. The van der Waals surface area contributed by atoms with Crippen molar-refractivity contribution in [2.75, 3.05) is 6.61 Å². The summed E-state index contributed by atoms with van der Waals surface area (Å²) in [5.74, 6) is -14.6. The Kier molecular flexibility index (Phi) is 8.01. The Bertz CT molecular complexity index is 703. The Balaban J connectivity index is 5.13. The van der Waals surface area contributed by atoms with Crippen LogP contribution in [0, 0.1) is 0 Å². The zero-order valence-electron chi connectivity index (χ0n) is 13.5. The summed E-state index contributed by atoms with van der Waals surface area (Å²) in [6.07, 6.45) is -9.64. The third-order valence-electron chi connectivity index (χ3n) is 3.00. The van der Waals surface area contributed by atoms with E-state index in [1.54, 1.807) is 0 Å². The molecule has 0 fully saturated rings. The van der Waals surface area contributed by atoms with E-state index < -0.39 is 71.1 Å². The maximum Gasteiger partial charge on any atom is 0.468 e. The first-order chi connectivity index (χ1) is 12.4. The van der Waals surface area contributed by atoms with E-state index in [4.69, 9.17) is 5.11 Å². The van der Waals surface area contributed by atoms with Crippen LogP contribution in [-0.2, 0) is 29.2 Å².